The molecule has 70 valence electrons. The van der Waals surface area contributed by atoms with Gasteiger partial charge in [0.25, 0.3) is 0 Å². The second kappa shape index (κ2) is 2.88. The van der Waals surface area contributed by atoms with E-state index in [1.165, 1.54) is 6.42 Å². The molecule has 0 N–H and O–H groups in total. The summed E-state index contributed by atoms with van der Waals surface area (Å²) in [5, 5.41) is 0. The summed E-state index contributed by atoms with van der Waals surface area (Å²) in [6, 6.07) is 10.2. The van der Waals surface area contributed by atoms with Crippen LogP contribution in [-0.2, 0) is 4.79 Å². The van der Waals surface area contributed by atoms with Gasteiger partial charge in [0, 0.05) is 24.0 Å². The number of ketones is 1. The van der Waals surface area contributed by atoms with Crippen molar-refractivity contribution in [3.05, 3.63) is 41.8 Å². The predicted octanol–water partition coefficient (Wildman–Crippen LogP) is 2.61. The van der Waals surface area contributed by atoms with Crippen molar-refractivity contribution in [3.63, 3.8) is 0 Å². The Hall–Kier alpha value is -1.24. The summed E-state index contributed by atoms with van der Waals surface area (Å²) in [6.07, 6.45) is 3.46. The Balaban J connectivity index is 1.97. The first-order valence-electron chi connectivity index (χ1n) is 5.33. The molecule has 1 aromatic carbocycles. The number of Topliss-reactive ketones (excluding diaryl/α,β-unsaturated/α-hetero) is 1. The van der Waals surface area contributed by atoms with Crippen LogP contribution >= 0.6 is 0 Å². The number of rotatable bonds is 1. The SMILES string of the molecule is O=C1[C+](c2ccccc2)[C@@H]2CC[C@H]1C2. The summed E-state index contributed by atoms with van der Waals surface area (Å²) in [5.74, 6) is 2.46. The molecule has 14 heavy (non-hydrogen) atoms. The lowest BCUT2D eigenvalue weighted by Gasteiger charge is -2.13. The van der Waals surface area contributed by atoms with Crippen LogP contribution in [0.25, 0.3) is 0 Å². The number of fused-ring (bicyclic) bond motifs is 2. The lowest BCUT2D eigenvalue weighted by molar-refractivity contribution is -0.119. The Bertz CT molecular complexity index is 355. The highest BCUT2D eigenvalue weighted by Crippen LogP contribution is 2.49. The van der Waals surface area contributed by atoms with Crippen LogP contribution in [-0.4, -0.2) is 5.78 Å². The van der Waals surface area contributed by atoms with Crippen molar-refractivity contribution in [2.45, 2.75) is 19.3 Å². The molecule has 2 fully saturated rings. The van der Waals surface area contributed by atoms with Crippen molar-refractivity contribution in [3.8, 4) is 0 Å². The number of hydrogen-bond acceptors (Lipinski definition) is 1. The number of carbonyl (C=O) groups excluding carboxylic acids is 1. The molecule has 0 aromatic heterocycles. The third kappa shape index (κ3) is 1.02. The van der Waals surface area contributed by atoms with Crippen molar-refractivity contribution in [1.29, 1.82) is 0 Å². The average molecular weight is 185 g/mol. The minimum absolute atomic E-state index is 0.357. The summed E-state index contributed by atoms with van der Waals surface area (Å²) in [5.41, 5.74) is 1.16. The number of hydrogen-bond donors (Lipinski definition) is 0. The second-order valence-electron chi connectivity index (χ2n) is 4.35. The van der Waals surface area contributed by atoms with Gasteiger partial charge in [0.1, 0.15) is 11.5 Å². The lowest BCUT2D eigenvalue weighted by atomic mass is 9.82. The van der Waals surface area contributed by atoms with E-state index in [4.69, 9.17) is 0 Å². The molecule has 2 aliphatic carbocycles. The van der Waals surface area contributed by atoms with Gasteiger partial charge < -0.3 is 0 Å². The predicted molar refractivity (Wildman–Crippen MR) is 54.6 cm³/mol. The first kappa shape index (κ1) is 8.10. The van der Waals surface area contributed by atoms with E-state index >= 15 is 0 Å². The topological polar surface area (TPSA) is 17.1 Å². The van der Waals surface area contributed by atoms with Crippen LogP contribution in [0.4, 0.5) is 0 Å². The van der Waals surface area contributed by atoms with E-state index in [0.717, 1.165) is 24.3 Å². The number of carbonyl (C=O) groups is 1. The van der Waals surface area contributed by atoms with E-state index in [0.29, 0.717) is 17.6 Å². The molecule has 1 heteroatoms. The largest absolute Gasteiger partial charge is 0.278 e. The minimum Gasteiger partial charge on any atom is -0.278 e. The summed E-state index contributed by atoms with van der Waals surface area (Å²) in [4.78, 5) is 11.9. The van der Waals surface area contributed by atoms with E-state index in [1.807, 2.05) is 18.2 Å². The maximum Gasteiger partial charge on any atom is 0.217 e. The van der Waals surface area contributed by atoms with Crippen molar-refractivity contribution in [1.82, 2.24) is 0 Å². The van der Waals surface area contributed by atoms with Crippen molar-refractivity contribution in [2.75, 3.05) is 0 Å². The smallest absolute Gasteiger partial charge is 0.217 e. The molecule has 2 aliphatic rings. The first-order chi connectivity index (χ1) is 6.86. The quantitative estimate of drug-likeness (QED) is 0.615. The Labute approximate surface area is 84.1 Å². The van der Waals surface area contributed by atoms with Crippen LogP contribution in [0.15, 0.2) is 30.3 Å². The van der Waals surface area contributed by atoms with Crippen LogP contribution in [0.3, 0.4) is 0 Å². The van der Waals surface area contributed by atoms with Gasteiger partial charge >= 0.3 is 0 Å². The van der Waals surface area contributed by atoms with Gasteiger partial charge in [-0.3, -0.25) is 4.79 Å². The van der Waals surface area contributed by atoms with E-state index in [-0.39, 0.29) is 0 Å². The summed E-state index contributed by atoms with van der Waals surface area (Å²) < 4.78 is 0. The van der Waals surface area contributed by atoms with Gasteiger partial charge in [-0.1, -0.05) is 0 Å². The van der Waals surface area contributed by atoms with Crippen LogP contribution in [0.5, 0.6) is 0 Å². The van der Waals surface area contributed by atoms with Crippen molar-refractivity contribution in [2.24, 2.45) is 11.8 Å². The van der Waals surface area contributed by atoms with Gasteiger partial charge in [0.2, 0.25) is 5.78 Å². The van der Waals surface area contributed by atoms with Crippen LogP contribution in [0.2, 0.25) is 0 Å². The minimum atomic E-state index is 0.357. The summed E-state index contributed by atoms with van der Waals surface area (Å²) >= 11 is 0. The van der Waals surface area contributed by atoms with Gasteiger partial charge in [0.15, 0.2) is 0 Å². The van der Waals surface area contributed by atoms with E-state index in [9.17, 15) is 4.79 Å². The number of benzene rings is 1. The molecule has 3 rings (SSSR count). The zero-order valence-corrected chi connectivity index (χ0v) is 8.07. The molecule has 2 bridgehead atoms. The van der Waals surface area contributed by atoms with Crippen molar-refractivity contribution < 1.29 is 4.79 Å². The Morgan fingerprint density at radius 2 is 1.93 bits per heavy atom. The molecule has 0 amide bonds. The third-order valence-electron chi connectivity index (χ3n) is 3.56. The molecule has 0 saturated heterocycles. The highest BCUT2D eigenvalue weighted by Gasteiger charge is 2.52. The molecule has 1 nitrogen and oxygen atoms in total. The first-order valence-corrected chi connectivity index (χ1v) is 5.33. The Morgan fingerprint density at radius 1 is 1.14 bits per heavy atom. The molecular formula is C13H13O+. The molecule has 0 unspecified atom stereocenters. The van der Waals surface area contributed by atoms with Gasteiger partial charge in [0.05, 0.1) is 0 Å². The maximum atomic E-state index is 11.9. The average Bonchev–Trinajstić information content (AvgIpc) is 2.79. The zero-order chi connectivity index (χ0) is 9.54. The van der Waals surface area contributed by atoms with Gasteiger partial charge in [-0.15, -0.1) is 0 Å². The Kier molecular flexibility index (Phi) is 1.66. The van der Waals surface area contributed by atoms with Crippen LogP contribution in [0, 0.1) is 17.8 Å². The van der Waals surface area contributed by atoms with E-state index in [1.54, 1.807) is 0 Å². The van der Waals surface area contributed by atoms with Crippen molar-refractivity contribution >= 4 is 5.78 Å². The van der Waals surface area contributed by atoms with Crippen LogP contribution in [0.1, 0.15) is 24.8 Å². The summed E-state index contributed by atoms with van der Waals surface area (Å²) in [7, 11) is 0. The third-order valence-corrected chi connectivity index (χ3v) is 3.56. The molecule has 0 spiro atoms. The molecule has 0 heterocycles. The zero-order valence-electron chi connectivity index (χ0n) is 8.07. The second-order valence-corrected chi connectivity index (χ2v) is 4.35. The fraction of sp³-hybridized carbons (Fsp3) is 0.385. The normalized spacial score (nSPS) is 30.0. The Morgan fingerprint density at radius 3 is 2.57 bits per heavy atom. The highest BCUT2D eigenvalue weighted by molar-refractivity contribution is 6.01. The monoisotopic (exact) mass is 185 g/mol. The van der Waals surface area contributed by atoms with E-state index < -0.39 is 0 Å². The standard InChI is InChI=1S/C13H13O/c14-13-11-7-6-10(8-11)12(13)9-4-2-1-3-5-9/h1-5,10-11H,6-8H2/q+1/t10-,11+/m1/s1. The van der Waals surface area contributed by atoms with E-state index in [2.05, 4.69) is 12.1 Å². The highest BCUT2D eigenvalue weighted by atomic mass is 16.1. The van der Waals surface area contributed by atoms with Gasteiger partial charge in [-0.25, -0.2) is 0 Å². The van der Waals surface area contributed by atoms with Gasteiger partial charge in [-0.2, -0.15) is 0 Å². The van der Waals surface area contributed by atoms with Gasteiger partial charge in [-0.05, 0) is 37.5 Å². The molecule has 0 radical (unpaired) electrons. The molecular weight excluding hydrogens is 172 g/mol. The van der Waals surface area contributed by atoms with Crippen LogP contribution < -0.4 is 0 Å². The molecule has 2 atom stereocenters. The molecule has 2 saturated carbocycles. The fourth-order valence-electron chi connectivity index (χ4n) is 2.90. The molecule has 0 aliphatic heterocycles. The lowest BCUT2D eigenvalue weighted by Crippen LogP contribution is -2.20. The maximum absolute atomic E-state index is 11.9. The molecule has 1 aromatic rings. The fourth-order valence-corrected chi connectivity index (χ4v) is 2.90. The summed E-state index contributed by atoms with van der Waals surface area (Å²) in [6.45, 7) is 0.